The highest BCUT2D eigenvalue weighted by Gasteiger charge is 2.11. The average molecular weight is 320 g/mol. The number of halogens is 1. The van der Waals surface area contributed by atoms with Gasteiger partial charge in [-0.25, -0.2) is 0 Å². The van der Waals surface area contributed by atoms with Crippen molar-refractivity contribution in [1.82, 2.24) is 0 Å². The lowest BCUT2D eigenvalue weighted by molar-refractivity contribution is -0.885. The maximum Gasteiger partial charge on any atom is 0.279 e. The van der Waals surface area contributed by atoms with Gasteiger partial charge in [0, 0.05) is 16.3 Å². The Kier molecular flexibility index (Phi) is 5.81. The van der Waals surface area contributed by atoms with E-state index in [1.54, 1.807) is 19.2 Å². The summed E-state index contributed by atoms with van der Waals surface area (Å²) in [5.74, 6) is 0.799. The number of ether oxygens (including phenoxy) is 1. The van der Waals surface area contributed by atoms with E-state index in [2.05, 4.69) is 5.32 Å². The molecule has 2 rings (SSSR count). The standard InChI is InChI=1S/C17H19ClN2O2/c1-20(11-13-6-8-16(22-2)9-7-13)12-17(21)19-15-5-3-4-14(18)10-15/h3-10H,11-12H2,1-2H3,(H,19,21)/p+1. The largest absolute Gasteiger partial charge is 0.497 e. The third kappa shape index (κ3) is 5.06. The predicted octanol–water partition coefficient (Wildman–Crippen LogP) is 2.00. The third-order valence-corrected chi connectivity index (χ3v) is 3.47. The Morgan fingerprint density at radius 3 is 2.59 bits per heavy atom. The summed E-state index contributed by atoms with van der Waals surface area (Å²) in [6.45, 7) is 1.16. The topological polar surface area (TPSA) is 42.8 Å². The van der Waals surface area contributed by atoms with Gasteiger partial charge in [-0.2, -0.15) is 0 Å². The molecule has 0 bridgehead atoms. The van der Waals surface area contributed by atoms with Crippen LogP contribution in [0.2, 0.25) is 5.02 Å². The monoisotopic (exact) mass is 319 g/mol. The Morgan fingerprint density at radius 1 is 1.23 bits per heavy atom. The summed E-state index contributed by atoms with van der Waals surface area (Å²) in [6.07, 6.45) is 0. The van der Waals surface area contributed by atoms with Crippen LogP contribution in [0, 0.1) is 0 Å². The second-order valence-corrected chi connectivity index (χ2v) is 5.65. The molecule has 5 heteroatoms. The van der Waals surface area contributed by atoms with E-state index in [4.69, 9.17) is 16.3 Å². The number of carbonyl (C=O) groups excluding carboxylic acids is 1. The third-order valence-electron chi connectivity index (χ3n) is 3.24. The zero-order valence-electron chi connectivity index (χ0n) is 12.7. The lowest BCUT2D eigenvalue weighted by Crippen LogP contribution is -3.08. The normalized spacial score (nSPS) is 11.8. The molecule has 0 aliphatic carbocycles. The van der Waals surface area contributed by atoms with Crippen LogP contribution >= 0.6 is 11.6 Å². The summed E-state index contributed by atoms with van der Waals surface area (Å²) in [6, 6.07) is 15.0. The molecule has 1 amide bonds. The van der Waals surface area contributed by atoms with Crippen LogP contribution in [0.4, 0.5) is 5.69 Å². The fourth-order valence-electron chi connectivity index (χ4n) is 2.20. The Labute approximate surface area is 135 Å². The van der Waals surface area contributed by atoms with Gasteiger partial charge in [0.2, 0.25) is 0 Å². The van der Waals surface area contributed by atoms with Crippen molar-refractivity contribution in [3.05, 3.63) is 59.1 Å². The first-order chi connectivity index (χ1) is 10.6. The number of amides is 1. The fourth-order valence-corrected chi connectivity index (χ4v) is 2.39. The Bertz CT molecular complexity index is 629. The molecule has 1 unspecified atom stereocenters. The summed E-state index contributed by atoms with van der Waals surface area (Å²) in [4.78, 5) is 13.1. The Morgan fingerprint density at radius 2 is 1.95 bits per heavy atom. The molecule has 0 heterocycles. The second kappa shape index (κ2) is 7.82. The van der Waals surface area contributed by atoms with Crippen molar-refractivity contribution < 1.29 is 14.4 Å². The van der Waals surface area contributed by atoms with Crippen molar-refractivity contribution in [3.63, 3.8) is 0 Å². The highest BCUT2D eigenvalue weighted by atomic mass is 35.5. The van der Waals surface area contributed by atoms with Gasteiger partial charge in [0.25, 0.3) is 5.91 Å². The second-order valence-electron chi connectivity index (χ2n) is 5.22. The van der Waals surface area contributed by atoms with E-state index in [1.165, 1.54) is 0 Å². The van der Waals surface area contributed by atoms with Crippen molar-refractivity contribution in [1.29, 1.82) is 0 Å². The van der Waals surface area contributed by atoms with Gasteiger partial charge in [0.05, 0.1) is 14.2 Å². The van der Waals surface area contributed by atoms with Crippen molar-refractivity contribution in [2.75, 3.05) is 26.0 Å². The molecule has 0 radical (unpaired) electrons. The molecule has 0 aliphatic rings. The van der Waals surface area contributed by atoms with Gasteiger partial charge in [0.15, 0.2) is 6.54 Å². The molecule has 0 aliphatic heterocycles. The van der Waals surface area contributed by atoms with Crippen molar-refractivity contribution in [3.8, 4) is 5.75 Å². The molecule has 0 fully saturated rings. The molecule has 116 valence electrons. The summed E-state index contributed by atoms with van der Waals surface area (Å²) in [5, 5.41) is 3.46. The highest BCUT2D eigenvalue weighted by molar-refractivity contribution is 6.30. The van der Waals surface area contributed by atoms with Gasteiger partial charge in [-0.05, 0) is 42.5 Å². The van der Waals surface area contributed by atoms with Crippen molar-refractivity contribution in [2.45, 2.75) is 6.54 Å². The number of hydrogen-bond acceptors (Lipinski definition) is 2. The van der Waals surface area contributed by atoms with Crippen molar-refractivity contribution >= 4 is 23.2 Å². The molecular formula is C17H20ClN2O2+. The van der Waals surface area contributed by atoms with Gasteiger partial charge < -0.3 is 15.0 Å². The van der Waals surface area contributed by atoms with Gasteiger partial charge in [-0.15, -0.1) is 0 Å². The number of carbonyl (C=O) groups is 1. The molecule has 0 spiro atoms. The van der Waals surface area contributed by atoms with E-state index in [0.717, 1.165) is 28.4 Å². The molecule has 2 aromatic carbocycles. The van der Waals surface area contributed by atoms with Gasteiger partial charge in [-0.3, -0.25) is 4.79 Å². The zero-order chi connectivity index (χ0) is 15.9. The van der Waals surface area contributed by atoms with Crippen LogP contribution in [0.3, 0.4) is 0 Å². The predicted molar refractivity (Wildman–Crippen MR) is 88.5 cm³/mol. The van der Waals surface area contributed by atoms with Gasteiger partial charge in [0.1, 0.15) is 12.3 Å². The molecule has 0 saturated carbocycles. The maximum atomic E-state index is 12.0. The number of hydrogen-bond donors (Lipinski definition) is 2. The van der Waals surface area contributed by atoms with E-state index >= 15 is 0 Å². The van der Waals surface area contributed by atoms with Crippen molar-refractivity contribution in [2.24, 2.45) is 0 Å². The quantitative estimate of drug-likeness (QED) is 0.855. The van der Waals surface area contributed by atoms with Crippen LogP contribution in [0.5, 0.6) is 5.75 Å². The molecule has 2 N–H and O–H groups in total. The van der Waals surface area contributed by atoms with Crippen LogP contribution in [0.1, 0.15) is 5.56 Å². The van der Waals surface area contributed by atoms with Gasteiger partial charge in [-0.1, -0.05) is 17.7 Å². The number of anilines is 1. The summed E-state index contributed by atoms with van der Waals surface area (Å²) in [5.41, 5.74) is 1.88. The molecule has 0 saturated heterocycles. The number of nitrogens with one attached hydrogen (secondary N) is 2. The van der Waals surface area contributed by atoms with Crippen LogP contribution in [-0.2, 0) is 11.3 Å². The fraction of sp³-hybridized carbons (Fsp3) is 0.235. The minimum atomic E-state index is -0.0340. The maximum absolute atomic E-state index is 12.0. The minimum Gasteiger partial charge on any atom is -0.497 e. The van der Waals surface area contributed by atoms with E-state index in [9.17, 15) is 4.79 Å². The lowest BCUT2D eigenvalue weighted by atomic mass is 10.2. The molecule has 22 heavy (non-hydrogen) atoms. The minimum absolute atomic E-state index is 0.0340. The highest BCUT2D eigenvalue weighted by Crippen LogP contribution is 2.14. The molecule has 4 nitrogen and oxygen atoms in total. The van der Waals surface area contributed by atoms with Gasteiger partial charge >= 0.3 is 0 Å². The lowest BCUT2D eigenvalue weighted by Gasteiger charge is -2.14. The van der Waals surface area contributed by atoms with E-state index in [1.807, 2.05) is 43.4 Å². The van der Waals surface area contributed by atoms with E-state index in [0.29, 0.717) is 11.6 Å². The smallest absolute Gasteiger partial charge is 0.279 e. The number of likely N-dealkylation sites (N-methyl/N-ethyl adjacent to an activating group) is 1. The first kappa shape index (κ1) is 16.3. The summed E-state index contributed by atoms with van der Waals surface area (Å²) in [7, 11) is 3.63. The summed E-state index contributed by atoms with van der Waals surface area (Å²) < 4.78 is 5.13. The molecular weight excluding hydrogens is 300 g/mol. The number of quaternary nitrogens is 1. The zero-order valence-corrected chi connectivity index (χ0v) is 13.5. The molecule has 1 atom stereocenters. The van der Waals surface area contributed by atoms with Crippen LogP contribution in [0.25, 0.3) is 0 Å². The first-order valence-corrected chi connectivity index (χ1v) is 7.44. The number of methoxy groups -OCH3 is 1. The van der Waals surface area contributed by atoms with E-state index < -0.39 is 0 Å². The van der Waals surface area contributed by atoms with Crippen LogP contribution < -0.4 is 15.0 Å². The molecule has 0 aromatic heterocycles. The number of rotatable bonds is 6. The first-order valence-electron chi connectivity index (χ1n) is 7.06. The summed E-state index contributed by atoms with van der Waals surface area (Å²) >= 11 is 5.90. The average Bonchev–Trinajstić information content (AvgIpc) is 2.47. The van der Waals surface area contributed by atoms with Crippen LogP contribution in [0.15, 0.2) is 48.5 Å². The number of benzene rings is 2. The Balaban J connectivity index is 1.85. The molecule has 2 aromatic rings. The van der Waals surface area contributed by atoms with E-state index in [-0.39, 0.29) is 5.91 Å². The Hall–Kier alpha value is -2.04. The van der Waals surface area contributed by atoms with Crippen LogP contribution in [-0.4, -0.2) is 26.6 Å². The SMILES string of the molecule is COc1ccc(C[NH+](C)CC(=O)Nc2cccc(Cl)c2)cc1.